The second kappa shape index (κ2) is 3.52. The number of rotatable bonds is 2. The van der Waals surface area contributed by atoms with Gasteiger partial charge in [0.15, 0.2) is 0 Å². The molecule has 0 aromatic heterocycles. The number of aliphatic hydroxyl groups excluding tert-OH is 1. The standard InChI is InChI=1S/C6H11BFNO2/c1-9-5-3(2-10)11-6(7)4(5)8/h3-6,9-10H,2H2,1H3. The van der Waals surface area contributed by atoms with Gasteiger partial charge in [0.2, 0.25) is 0 Å². The number of halogens is 1. The van der Waals surface area contributed by atoms with E-state index in [2.05, 4.69) is 5.32 Å². The number of nitrogens with one attached hydrogen (secondary N) is 1. The van der Waals surface area contributed by atoms with Crippen LogP contribution in [0, 0.1) is 0 Å². The van der Waals surface area contributed by atoms with E-state index >= 15 is 0 Å². The lowest BCUT2D eigenvalue weighted by Gasteiger charge is -2.15. The molecule has 62 valence electrons. The van der Waals surface area contributed by atoms with Crippen molar-refractivity contribution in [2.45, 2.75) is 24.3 Å². The van der Waals surface area contributed by atoms with Crippen LogP contribution in [0.15, 0.2) is 0 Å². The number of likely N-dealkylation sites (N-methyl/N-ethyl adjacent to an activating group) is 1. The molecule has 4 atom stereocenters. The number of hydrogen-bond donors (Lipinski definition) is 2. The highest BCUT2D eigenvalue weighted by Gasteiger charge is 2.40. The molecular weight excluding hydrogens is 148 g/mol. The first-order chi connectivity index (χ1) is 5.20. The summed E-state index contributed by atoms with van der Waals surface area (Å²) in [6, 6.07) is -1.40. The Morgan fingerprint density at radius 3 is 2.73 bits per heavy atom. The van der Waals surface area contributed by atoms with E-state index in [1.165, 1.54) is 0 Å². The van der Waals surface area contributed by atoms with Gasteiger partial charge in [0.1, 0.15) is 14.0 Å². The maximum atomic E-state index is 13.0. The normalized spacial score (nSPS) is 44.6. The summed E-state index contributed by atoms with van der Waals surface area (Å²) in [6.45, 7) is -0.209. The van der Waals surface area contributed by atoms with Crippen LogP contribution in [0.2, 0.25) is 0 Å². The third-order valence-corrected chi connectivity index (χ3v) is 1.90. The molecule has 0 amide bonds. The largest absolute Gasteiger partial charge is 0.394 e. The van der Waals surface area contributed by atoms with Crippen molar-refractivity contribution in [3.8, 4) is 0 Å². The maximum absolute atomic E-state index is 13.0. The molecule has 0 saturated carbocycles. The van der Waals surface area contributed by atoms with E-state index in [-0.39, 0.29) is 6.61 Å². The fourth-order valence-corrected chi connectivity index (χ4v) is 1.27. The fraction of sp³-hybridized carbons (Fsp3) is 1.00. The van der Waals surface area contributed by atoms with Crippen LogP contribution in [0.3, 0.4) is 0 Å². The average Bonchev–Trinajstić information content (AvgIpc) is 2.28. The Morgan fingerprint density at radius 1 is 1.73 bits per heavy atom. The molecule has 1 saturated heterocycles. The van der Waals surface area contributed by atoms with Crippen LogP contribution in [0.4, 0.5) is 4.39 Å². The minimum absolute atomic E-state index is 0.209. The van der Waals surface area contributed by atoms with Crippen LogP contribution >= 0.6 is 0 Å². The summed E-state index contributed by atoms with van der Waals surface area (Å²) in [5.41, 5.74) is 0. The SMILES string of the molecule is [B]C1OC(CO)C(NC)C1F. The molecule has 4 unspecified atom stereocenters. The van der Waals surface area contributed by atoms with Crippen molar-refractivity contribution in [2.75, 3.05) is 13.7 Å². The van der Waals surface area contributed by atoms with Crippen LogP contribution in [0.1, 0.15) is 0 Å². The molecule has 0 aromatic carbocycles. The molecule has 0 aliphatic carbocycles. The van der Waals surface area contributed by atoms with E-state index in [0.717, 1.165) is 0 Å². The molecule has 5 heteroatoms. The van der Waals surface area contributed by atoms with Gasteiger partial charge in [0.25, 0.3) is 0 Å². The molecular formula is C6H11BFNO2. The highest BCUT2D eigenvalue weighted by molar-refractivity contribution is 6.11. The van der Waals surface area contributed by atoms with E-state index < -0.39 is 24.3 Å². The molecule has 0 aromatic rings. The van der Waals surface area contributed by atoms with Gasteiger partial charge in [0.05, 0.1) is 18.8 Å². The van der Waals surface area contributed by atoms with E-state index in [0.29, 0.717) is 0 Å². The van der Waals surface area contributed by atoms with Gasteiger partial charge in [-0.3, -0.25) is 0 Å². The Labute approximate surface area is 66.3 Å². The molecule has 3 nitrogen and oxygen atoms in total. The molecule has 1 heterocycles. The van der Waals surface area contributed by atoms with E-state index in [1.54, 1.807) is 7.05 Å². The van der Waals surface area contributed by atoms with Gasteiger partial charge in [-0.2, -0.15) is 0 Å². The van der Waals surface area contributed by atoms with Crippen molar-refractivity contribution in [1.29, 1.82) is 0 Å². The number of alkyl halides is 1. The highest BCUT2D eigenvalue weighted by atomic mass is 19.1. The van der Waals surface area contributed by atoms with Crippen LogP contribution in [-0.2, 0) is 4.74 Å². The summed E-state index contributed by atoms with van der Waals surface area (Å²) in [6.07, 6.45) is -1.76. The van der Waals surface area contributed by atoms with Gasteiger partial charge >= 0.3 is 0 Å². The summed E-state index contributed by atoms with van der Waals surface area (Å²) in [5.74, 6) is 0. The Kier molecular flexibility index (Phi) is 2.87. The summed E-state index contributed by atoms with van der Waals surface area (Å²) in [5, 5.41) is 11.4. The van der Waals surface area contributed by atoms with E-state index in [9.17, 15) is 4.39 Å². The highest BCUT2D eigenvalue weighted by Crippen LogP contribution is 2.21. The Morgan fingerprint density at radius 2 is 2.36 bits per heavy atom. The molecule has 1 rings (SSSR count). The third-order valence-electron chi connectivity index (χ3n) is 1.90. The Balaban J connectivity index is 2.57. The van der Waals surface area contributed by atoms with E-state index in [1.807, 2.05) is 0 Å². The first kappa shape index (κ1) is 8.97. The number of ether oxygens (including phenoxy) is 1. The second-order valence-electron chi connectivity index (χ2n) is 2.58. The zero-order chi connectivity index (χ0) is 8.43. The molecule has 1 aliphatic heterocycles. The van der Waals surface area contributed by atoms with Crippen molar-refractivity contribution in [3.63, 3.8) is 0 Å². The predicted octanol–water partition coefficient (Wildman–Crippen LogP) is -1.20. The van der Waals surface area contributed by atoms with Crippen molar-refractivity contribution in [3.05, 3.63) is 0 Å². The third kappa shape index (κ3) is 1.55. The summed E-state index contributed by atoms with van der Waals surface area (Å²) < 4.78 is 17.9. The molecule has 0 bridgehead atoms. The minimum Gasteiger partial charge on any atom is -0.394 e. The zero-order valence-electron chi connectivity index (χ0n) is 6.33. The first-order valence-corrected chi connectivity index (χ1v) is 3.54. The average molecular weight is 159 g/mol. The Bertz CT molecular complexity index is 138. The lowest BCUT2D eigenvalue weighted by atomic mass is 9.93. The quantitative estimate of drug-likeness (QED) is 0.497. The van der Waals surface area contributed by atoms with Crippen molar-refractivity contribution < 1.29 is 14.2 Å². The number of aliphatic hydroxyl groups is 1. The van der Waals surface area contributed by atoms with Gasteiger partial charge in [-0.1, -0.05) is 0 Å². The predicted molar refractivity (Wildman–Crippen MR) is 39.2 cm³/mol. The van der Waals surface area contributed by atoms with Crippen LogP contribution in [-0.4, -0.2) is 50.9 Å². The minimum atomic E-state index is -1.24. The molecule has 1 fully saturated rings. The lowest BCUT2D eigenvalue weighted by molar-refractivity contribution is 0.0318. The fourth-order valence-electron chi connectivity index (χ4n) is 1.27. The topological polar surface area (TPSA) is 41.5 Å². The van der Waals surface area contributed by atoms with Gasteiger partial charge in [0, 0.05) is 6.00 Å². The molecule has 1 aliphatic rings. The monoisotopic (exact) mass is 159 g/mol. The van der Waals surface area contributed by atoms with Crippen molar-refractivity contribution in [2.24, 2.45) is 0 Å². The van der Waals surface area contributed by atoms with Gasteiger partial charge in [-0.05, 0) is 7.05 Å². The second-order valence-corrected chi connectivity index (χ2v) is 2.58. The van der Waals surface area contributed by atoms with Crippen molar-refractivity contribution >= 4 is 7.85 Å². The lowest BCUT2D eigenvalue weighted by Crippen LogP contribution is -2.42. The first-order valence-electron chi connectivity index (χ1n) is 3.54. The summed E-state index contributed by atoms with van der Waals surface area (Å²) >= 11 is 0. The Hall–Kier alpha value is -0.125. The smallest absolute Gasteiger partial charge is 0.135 e. The van der Waals surface area contributed by atoms with Crippen LogP contribution in [0.5, 0.6) is 0 Å². The number of hydrogen-bond acceptors (Lipinski definition) is 3. The molecule has 2 N–H and O–H groups in total. The van der Waals surface area contributed by atoms with Crippen molar-refractivity contribution in [1.82, 2.24) is 5.32 Å². The zero-order valence-corrected chi connectivity index (χ0v) is 6.33. The van der Waals surface area contributed by atoms with Crippen LogP contribution < -0.4 is 5.32 Å². The van der Waals surface area contributed by atoms with Gasteiger partial charge in [-0.15, -0.1) is 0 Å². The molecule has 2 radical (unpaired) electrons. The van der Waals surface area contributed by atoms with E-state index in [4.69, 9.17) is 17.7 Å². The van der Waals surface area contributed by atoms with Gasteiger partial charge in [-0.25, -0.2) is 4.39 Å². The summed E-state index contributed by atoms with van der Waals surface area (Å²) in [7, 11) is 6.87. The maximum Gasteiger partial charge on any atom is 0.135 e. The molecule has 11 heavy (non-hydrogen) atoms. The van der Waals surface area contributed by atoms with Gasteiger partial charge < -0.3 is 15.2 Å². The summed E-state index contributed by atoms with van der Waals surface area (Å²) in [4.78, 5) is 0. The molecule has 0 spiro atoms. The van der Waals surface area contributed by atoms with Crippen LogP contribution in [0.25, 0.3) is 0 Å².